The van der Waals surface area contributed by atoms with Gasteiger partial charge in [0.15, 0.2) is 16.6 Å². The lowest BCUT2D eigenvalue weighted by atomic mass is 10.1. The molecule has 2 aromatic carbocycles. The van der Waals surface area contributed by atoms with Crippen LogP contribution < -0.4 is 25.6 Å². The van der Waals surface area contributed by atoms with Crippen molar-refractivity contribution in [3.63, 3.8) is 0 Å². The predicted molar refractivity (Wildman–Crippen MR) is 111 cm³/mol. The Bertz CT molecular complexity index is 912. The molecular formula is C20H21N3O4S. The highest BCUT2D eigenvalue weighted by Gasteiger charge is 2.09. The molecule has 0 aliphatic rings. The summed E-state index contributed by atoms with van der Waals surface area (Å²) in [4.78, 5) is 24.1. The molecule has 0 spiro atoms. The molecular weight excluding hydrogens is 378 g/mol. The first-order valence-electron chi connectivity index (χ1n) is 8.31. The number of methoxy groups -OCH3 is 2. The van der Waals surface area contributed by atoms with Crippen molar-refractivity contribution in [3.05, 3.63) is 65.2 Å². The number of hydrogen-bond donors (Lipinski definition) is 3. The van der Waals surface area contributed by atoms with E-state index >= 15 is 0 Å². The number of carbonyl (C=O) groups is 2. The highest BCUT2D eigenvalue weighted by atomic mass is 32.1. The molecule has 28 heavy (non-hydrogen) atoms. The van der Waals surface area contributed by atoms with E-state index < -0.39 is 5.91 Å². The summed E-state index contributed by atoms with van der Waals surface area (Å²) in [6.07, 6.45) is 2.92. The van der Waals surface area contributed by atoms with E-state index in [4.69, 9.17) is 21.7 Å². The molecule has 7 nitrogen and oxygen atoms in total. The smallest absolute Gasteiger partial charge is 0.269 e. The van der Waals surface area contributed by atoms with Crippen LogP contribution in [-0.2, 0) is 4.79 Å². The normalized spacial score (nSPS) is 10.2. The van der Waals surface area contributed by atoms with Gasteiger partial charge in [-0.2, -0.15) is 0 Å². The number of nitrogens with one attached hydrogen (secondary N) is 3. The van der Waals surface area contributed by atoms with Gasteiger partial charge in [0.2, 0.25) is 5.91 Å². The third kappa shape index (κ3) is 5.82. The van der Waals surface area contributed by atoms with Gasteiger partial charge in [-0.25, -0.2) is 0 Å². The van der Waals surface area contributed by atoms with Gasteiger partial charge in [-0.3, -0.25) is 25.8 Å². The summed E-state index contributed by atoms with van der Waals surface area (Å²) in [5.41, 5.74) is 7.04. The van der Waals surface area contributed by atoms with Crippen LogP contribution in [0.15, 0.2) is 48.5 Å². The number of rotatable bonds is 5. The van der Waals surface area contributed by atoms with Crippen LogP contribution in [0.25, 0.3) is 6.08 Å². The molecule has 0 saturated carbocycles. The fraction of sp³-hybridized carbons (Fsp3) is 0.150. The topological polar surface area (TPSA) is 88.7 Å². The number of carbonyl (C=O) groups excluding carboxylic acids is 2. The van der Waals surface area contributed by atoms with Gasteiger partial charge in [-0.15, -0.1) is 0 Å². The van der Waals surface area contributed by atoms with Crippen molar-refractivity contribution >= 4 is 35.2 Å². The highest BCUT2D eigenvalue weighted by molar-refractivity contribution is 7.80. The van der Waals surface area contributed by atoms with Gasteiger partial charge in [-0.1, -0.05) is 24.3 Å². The molecule has 0 bridgehead atoms. The van der Waals surface area contributed by atoms with Gasteiger partial charge >= 0.3 is 0 Å². The summed E-state index contributed by atoms with van der Waals surface area (Å²) in [7, 11) is 3.08. The van der Waals surface area contributed by atoms with Crippen molar-refractivity contribution in [2.45, 2.75) is 6.92 Å². The lowest BCUT2D eigenvalue weighted by Crippen LogP contribution is -2.48. The summed E-state index contributed by atoms with van der Waals surface area (Å²) in [6.45, 7) is 1.83. The van der Waals surface area contributed by atoms with Gasteiger partial charge in [-0.05, 0) is 54.5 Å². The molecule has 0 radical (unpaired) electrons. The van der Waals surface area contributed by atoms with Gasteiger partial charge in [0.25, 0.3) is 5.91 Å². The Kier molecular flexibility index (Phi) is 7.53. The molecule has 0 fully saturated rings. The van der Waals surface area contributed by atoms with Crippen LogP contribution in [0.5, 0.6) is 11.5 Å². The molecule has 0 aromatic heterocycles. The third-order valence-electron chi connectivity index (χ3n) is 3.75. The van der Waals surface area contributed by atoms with Crippen molar-refractivity contribution < 1.29 is 19.1 Å². The van der Waals surface area contributed by atoms with Gasteiger partial charge in [0, 0.05) is 11.6 Å². The van der Waals surface area contributed by atoms with Gasteiger partial charge < -0.3 is 9.47 Å². The molecule has 0 aliphatic heterocycles. The predicted octanol–water partition coefficient (Wildman–Crippen LogP) is 2.36. The van der Waals surface area contributed by atoms with E-state index in [1.165, 1.54) is 13.2 Å². The fourth-order valence-electron chi connectivity index (χ4n) is 2.32. The number of thiocarbonyl (C=S) groups is 1. The van der Waals surface area contributed by atoms with Crippen LogP contribution in [0.4, 0.5) is 0 Å². The first-order chi connectivity index (χ1) is 13.4. The Morgan fingerprint density at radius 2 is 1.71 bits per heavy atom. The zero-order chi connectivity index (χ0) is 20.5. The minimum atomic E-state index is -0.447. The molecule has 0 atom stereocenters. The van der Waals surface area contributed by atoms with Crippen molar-refractivity contribution in [1.82, 2.24) is 16.2 Å². The maximum Gasteiger partial charge on any atom is 0.269 e. The Morgan fingerprint density at radius 1 is 1.00 bits per heavy atom. The van der Waals surface area contributed by atoms with Crippen LogP contribution in [0, 0.1) is 6.92 Å². The molecule has 146 valence electrons. The molecule has 8 heteroatoms. The Morgan fingerprint density at radius 3 is 2.39 bits per heavy atom. The maximum absolute atomic E-state index is 12.1. The second-order valence-electron chi connectivity index (χ2n) is 5.66. The number of hydrogen-bond acceptors (Lipinski definition) is 5. The van der Waals surface area contributed by atoms with Gasteiger partial charge in [0.05, 0.1) is 14.2 Å². The zero-order valence-electron chi connectivity index (χ0n) is 15.7. The average molecular weight is 399 g/mol. The first-order valence-corrected chi connectivity index (χ1v) is 8.72. The van der Waals surface area contributed by atoms with Crippen LogP contribution >= 0.6 is 12.2 Å². The highest BCUT2D eigenvalue weighted by Crippen LogP contribution is 2.27. The quantitative estimate of drug-likeness (QED) is 0.406. The lowest BCUT2D eigenvalue weighted by Gasteiger charge is -2.11. The first kappa shape index (κ1) is 20.9. The van der Waals surface area contributed by atoms with Crippen LogP contribution in [0.2, 0.25) is 0 Å². The zero-order valence-corrected chi connectivity index (χ0v) is 16.6. The van der Waals surface area contributed by atoms with Gasteiger partial charge in [0.1, 0.15) is 0 Å². The minimum Gasteiger partial charge on any atom is -0.493 e. The second kappa shape index (κ2) is 10.1. The number of amides is 2. The summed E-state index contributed by atoms with van der Waals surface area (Å²) in [6, 6.07) is 12.4. The summed E-state index contributed by atoms with van der Waals surface area (Å²) in [5, 5.41) is 2.42. The van der Waals surface area contributed by atoms with Crippen LogP contribution in [0.3, 0.4) is 0 Å². The molecule has 0 aliphatic carbocycles. The molecule has 3 N–H and O–H groups in total. The average Bonchev–Trinajstić information content (AvgIpc) is 2.70. The Hall–Kier alpha value is -3.39. The molecule has 0 saturated heterocycles. The van der Waals surface area contributed by atoms with E-state index in [-0.39, 0.29) is 11.0 Å². The maximum atomic E-state index is 12.1. The van der Waals surface area contributed by atoms with Crippen molar-refractivity contribution in [2.24, 2.45) is 0 Å². The van der Waals surface area contributed by atoms with Crippen LogP contribution in [-0.4, -0.2) is 31.1 Å². The Balaban J connectivity index is 1.87. The third-order valence-corrected chi connectivity index (χ3v) is 3.95. The molecule has 2 amide bonds. The Labute approximate surface area is 168 Å². The summed E-state index contributed by atoms with van der Waals surface area (Å²) in [5.74, 6) is 0.355. The number of ether oxygens (including phenoxy) is 2. The monoisotopic (exact) mass is 399 g/mol. The fourth-order valence-corrected chi connectivity index (χ4v) is 2.47. The summed E-state index contributed by atoms with van der Waals surface area (Å²) >= 11 is 5.01. The number of aryl methyl sites for hydroxylation is 1. The van der Waals surface area contributed by atoms with Crippen LogP contribution in [0.1, 0.15) is 21.5 Å². The van der Waals surface area contributed by atoms with E-state index in [9.17, 15) is 9.59 Å². The van der Waals surface area contributed by atoms with E-state index in [0.29, 0.717) is 17.1 Å². The molecule has 0 heterocycles. The van der Waals surface area contributed by atoms with E-state index in [2.05, 4.69) is 16.2 Å². The van der Waals surface area contributed by atoms with E-state index in [1.807, 2.05) is 19.1 Å². The molecule has 2 aromatic rings. The number of hydrazine groups is 1. The van der Waals surface area contributed by atoms with Crippen molar-refractivity contribution in [3.8, 4) is 11.5 Å². The van der Waals surface area contributed by atoms with E-state index in [0.717, 1.165) is 11.1 Å². The molecule has 0 unspecified atom stereocenters. The molecule has 2 rings (SSSR count). The second-order valence-corrected chi connectivity index (χ2v) is 6.07. The minimum absolute atomic E-state index is 0.0242. The summed E-state index contributed by atoms with van der Waals surface area (Å²) < 4.78 is 10.4. The van der Waals surface area contributed by atoms with Crippen molar-refractivity contribution in [1.29, 1.82) is 0 Å². The largest absolute Gasteiger partial charge is 0.493 e. The SMILES string of the molecule is COc1ccc(/C=C/C(=O)NC(=S)NNC(=O)c2ccccc2C)cc1OC. The van der Waals surface area contributed by atoms with E-state index in [1.54, 1.807) is 43.5 Å². The van der Waals surface area contributed by atoms with Crippen molar-refractivity contribution in [2.75, 3.05) is 14.2 Å². The lowest BCUT2D eigenvalue weighted by molar-refractivity contribution is -0.115. The number of benzene rings is 2. The standard InChI is InChI=1S/C20H21N3O4S/c1-13-6-4-5-7-15(13)19(25)22-23-20(28)21-18(24)11-9-14-8-10-16(26-2)17(12-14)27-3/h4-12H,1-3H3,(H,22,25)(H2,21,23,24,28)/b11-9+.